The number of thiophene rings is 2. The summed E-state index contributed by atoms with van der Waals surface area (Å²) >= 11 is 4.96. The third-order valence-corrected chi connectivity index (χ3v) is 9.09. The van der Waals surface area contributed by atoms with E-state index in [1.54, 1.807) is 18.4 Å². The van der Waals surface area contributed by atoms with Gasteiger partial charge in [0.05, 0.1) is 23.8 Å². The summed E-state index contributed by atoms with van der Waals surface area (Å²) in [7, 11) is 3.65. The predicted molar refractivity (Wildman–Crippen MR) is 132 cm³/mol. The van der Waals surface area contributed by atoms with Crippen molar-refractivity contribution in [2.45, 2.75) is 44.3 Å². The third-order valence-electron chi connectivity index (χ3n) is 5.99. The topological polar surface area (TPSA) is 60.3 Å². The fourth-order valence-electron chi connectivity index (χ4n) is 4.01. The molecule has 0 saturated heterocycles. The zero-order chi connectivity index (χ0) is 22.5. The van der Waals surface area contributed by atoms with Crippen LogP contribution < -0.4 is 0 Å². The Morgan fingerprint density at radius 3 is 3.03 bits per heavy atom. The van der Waals surface area contributed by atoms with E-state index >= 15 is 0 Å². The lowest BCUT2D eigenvalue weighted by molar-refractivity contribution is -0.129. The molecule has 3 aromatic heterocycles. The highest BCUT2D eigenvalue weighted by molar-refractivity contribution is 7.99. The molecule has 32 heavy (non-hydrogen) atoms. The summed E-state index contributed by atoms with van der Waals surface area (Å²) < 4.78 is 7.22. The molecule has 0 radical (unpaired) electrons. The number of aryl methyl sites for hydroxylation is 1. The molecule has 1 amide bonds. The van der Waals surface area contributed by atoms with E-state index in [1.165, 1.54) is 57.6 Å². The van der Waals surface area contributed by atoms with Gasteiger partial charge in [-0.2, -0.15) is 0 Å². The number of rotatable bonds is 10. The Labute approximate surface area is 202 Å². The van der Waals surface area contributed by atoms with Crippen LogP contribution in [0.4, 0.5) is 0 Å². The Balaban J connectivity index is 1.41. The SMILES string of the molecule is CC[C@@H]1CCc2sc(-c3nnc(SCC(=O)N(CCOC)Cc4cccs4)n3C)cc2C1. The third kappa shape index (κ3) is 5.44. The first kappa shape index (κ1) is 23.5. The molecule has 3 heterocycles. The highest BCUT2D eigenvalue weighted by atomic mass is 32.2. The Hall–Kier alpha value is -1.68. The highest BCUT2D eigenvalue weighted by Crippen LogP contribution is 2.38. The van der Waals surface area contributed by atoms with Crippen LogP contribution in [0.3, 0.4) is 0 Å². The van der Waals surface area contributed by atoms with Crippen molar-refractivity contribution in [2.75, 3.05) is 26.0 Å². The number of ether oxygens (including phenoxy) is 1. The van der Waals surface area contributed by atoms with E-state index in [-0.39, 0.29) is 5.91 Å². The molecule has 1 aliphatic rings. The van der Waals surface area contributed by atoms with E-state index in [1.807, 2.05) is 39.3 Å². The van der Waals surface area contributed by atoms with Gasteiger partial charge in [-0.05, 0) is 48.3 Å². The second kappa shape index (κ2) is 11.0. The summed E-state index contributed by atoms with van der Waals surface area (Å²) in [5, 5.41) is 11.7. The van der Waals surface area contributed by atoms with Crippen molar-refractivity contribution in [2.24, 2.45) is 13.0 Å². The van der Waals surface area contributed by atoms with Gasteiger partial charge in [0.25, 0.3) is 0 Å². The van der Waals surface area contributed by atoms with Crippen LogP contribution in [0.2, 0.25) is 0 Å². The molecule has 0 spiro atoms. The van der Waals surface area contributed by atoms with E-state index in [2.05, 4.69) is 29.3 Å². The molecule has 0 N–H and O–H groups in total. The van der Waals surface area contributed by atoms with Crippen LogP contribution in [0.5, 0.6) is 0 Å². The average molecular weight is 491 g/mol. The lowest BCUT2D eigenvalue weighted by Crippen LogP contribution is -2.34. The maximum absolute atomic E-state index is 12.9. The Bertz CT molecular complexity index is 1030. The average Bonchev–Trinajstić information content (AvgIpc) is 3.54. The van der Waals surface area contributed by atoms with Crippen molar-refractivity contribution in [1.82, 2.24) is 19.7 Å². The zero-order valence-corrected chi connectivity index (χ0v) is 21.3. The number of nitrogens with zero attached hydrogens (tertiary/aromatic N) is 4. The van der Waals surface area contributed by atoms with E-state index in [4.69, 9.17) is 4.74 Å². The van der Waals surface area contributed by atoms with E-state index in [9.17, 15) is 4.79 Å². The van der Waals surface area contributed by atoms with Gasteiger partial charge in [-0.3, -0.25) is 4.79 Å². The van der Waals surface area contributed by atoms with Crippen LogP contribution in [0.25, 0.3) is 10.7 Å². The molecule has 1 atom stereocenters. The van der Waals surface area contributed by atoms with Crippen LogP contribution in [0.1, 0.15) is 35.1 Å². The number of carbonyl (C=O) groups is 1. The minimum Gasteiger partial charge on any atom is -0.383 e. The minimum atomic E-state index is 0.0854. The molecule has 4 rings (SSSR count). The monoisotopic (exact) mass is 490 g/mol. The summed E-state index contributed by atoms with van der Waals surface area (Å²) in [6.07, 6.45) is 4.89. The van der Waals surface area contributed by atoms with Crippen LogP contribution >= 0.6 is 34.4 Å². The van der Waals surface area contributed by atoms with Gasteiger partial charge < -0.3 is 14.2 Å². The zero-order valence-electron chi connectivity index (χ0n) is 18.9. The number of aromatic nitrogens is 3. The summed E-state index contributed by atoms with van der Waals surface area (Å²) in [4.78, 5) is 18.6. The van der Waals surface area contributed by atoms with Crippen LogP contribution in [-0.2, 0) is 36.0 Å². The molecule has 0 unspecified atom stereocenters. The Morgan fingerprint density at radius 2 is 2.28 bits per heavy atom. The number of thioether (sulfide) groups is 1. The molecule has 0 aromatic carbocycles. The molecular formula is C23H30N4O2S3. The lowest BCUT2D eigenvalue weighted by atomic mass is 9.87. The fourth-order valence-corrected chi connectivity index (χ4v) is 6.78. The molecule has 3 aromatic rings. The number of methoxy groups -OCH3 is 1. The van der Waals surface area contributed by atoms with E-state index < -0.39 is 0 Å². The smallest absolute Gasteiger partial charge is 0.233 e. The fraction of sp³-hybridized carbons (Fsp3) is 0.522. The summed E-state index contributed by atoms with van der Waals surface area (Å²) in [6.45, 7) is 4.01. The van der Waals surface area contributed by atoms with Crippen molar-refractivity contribution in [3.63, 3.8) is 0 Å². The van der Waals surface area contributed by atoms with Gasteiger partial charge in [0.15, 0.2) is 11.0 Å². The van der Waals surface area contributed by atoms with Crippen molar-refractivity contribution >= 4 is 40.3 Å². The quantitative estimate of drug-likeness (QED) is 0.379. The van der Waals surface area contributed by atoms with Crippen LogP contribution in [0.15, 0.2) is 28.7 Å². The van der Waals surface area contributed by atoms with Crippen molar-refractivity contribution in [3.8, 4) is 10.7 Å². The molecular weight excluding hydrogens is 460 g/mol. The van der Waals surface area contributed by atoms with Crippen molar-refractivity contribution < 1.29 is 9.53 Å². The minimum absolute atomic E-state index is 0.0854. The number of hydrogen-bond donors (Lipinski definition) is 0. The number of carbonyl (C=O) groups excluding carboxylic acids is 1. The maximum Gasteiger partial charge on any atom is 0.233 e. The standard InChI is InChI=1S/C23H30N4O2S3/c1-4-16-7-8-19-17(12-16)13-20(32-19)22-24-25-23(26(22)2)31-15-21(28)27(9-10-29-3)14-18-6-5-11-30-18/h5-6,11,13,16H,4,7-10,12,14-15H2,1-3H3/t16-/m1/s1. The van der Waals surface area contributed by atoms with E-state index in [0.29, 0.717) is 25.4 Å². The van der Waals surface area contributed by atoms with Gasteiger partial charge in [0.2, 0.25) is 5.91 Å². The first-order valence-electron chi connectivity index (χ1n) is 11.0. The normalized spacial score (nSPS) is 15.7. The Kier molecular flexibility index (Phi) is 8.04. The van der Waals surface area contributed by atoms with Gasteiger partial charge in [-0.25, -0.2) is 0 Å². The van der Waals surface area contributed by atoms with Gasteiger partial charge in [0.1, 0.15) is 0 Å². The number of hydrogen-bond acceptors (Lipinski definition) is 7. The largest absolute Gasteiger partial charge is 0.383 e. The molecule has 0 aliphatic heterocycles. The molecule has 6 nitrogen and oxygen atoms in total. The van der Waals surface area contributed by atoms with Gasteiger partial charge in [-0.1, -0.05) is 31.2 Å². The first-order valence-corrected chi connectivity index (χ1v) is 13.7. The lowest BCUT2D eigenvalue weighted by Gasteiger charge is -2.21. The van der Waals surface area contributed by atoms with Crippen LogP contribution in [-0.4, -0.2) is 51.6 Å². The van der Waals surface area contributed by atoms with Gasteiger partial charge >= 0.3 is 0 Å². The number of amides is 1. The first-order chi connectivity index (χ1) is 15.6. The van der Waals surface area contributed by atoms with Crippen molar-refractivity contribution in [3.05, 3.63) is 38.9 Å². The molecule has 172 valence electrons. The van der Waals surface area contributed by atoms with E-state index in [0.717, 1.165) is 16.9 Å². The predicted octanol–water partition coefficient (Wildman–Crippen LogP) is 4.89. The van der Waals surface area contributed by atoms with Gasteiger partial charge in [-0.15, -0.1) is 32.9 Å². The maximum atomic E-state index is 12.9. The van der Waals surface area contributed by atoms with Crippen molar-refractivity contribution in [1.29, 1.82) is 0 Å². The summed E-state index contributed by atoms with van der Waals surface area (Å²) in [5.74, 6) is 2.11. The highest BCUT2D eigenvalue weighted by Gasteiger charge is 2.23. The Morgan fingerprint density at radius 1 is 1.41 bits per heavy atom. The second-order valence-corrected chi connectivity index (χ2v) is 11.2. The molecule has 9 heteroatoms. The molecule has 0 fully saturated rings. The molecule has 1 aliphatic carbocycles. The molecule has 0 bridgehead atoms. The van der Waals surface area contributed by atoms with Gasteiger partial charge in [0, 0.05) is 30.5 Å². The molecule has 0 saturated carbocycles. The van der Waals surface area contributed by atoms with Crippen LogP contribution in [0, 0.1) is 5.92 Å². The summed E-state index contributed by atoms with van der Waals surface area (Å²) in [5.41, 5.74) is 1.48. The second-order valence-electron chi connectivity index (χ2n) is 8.12. The summed E-state index contributed by atoms with van der Waals surface area (Å²) in [6, 6.07) is 6.38. The number of fused-ring (bicyclic) bond motifs is 1.